The van der Waals surface area contributed by atoms with Gasteiger partial charge >= 0.3 is 5.97 Å². The number of esters is 1. The van der Waals surface area contributed by atoms with Gasteiger partial charge in [-0.2, -0.15) is 0 Å². The number of hydrogen-bond acceptors (Lipinski definition) is 4. The molecule has 0 saturated heterocycles. The Morgan fingerprint density at radius 2 is 2.05 bits per heavy atom. The Bertz CT molecular complexity index is 511. The monoisotopic (exact) mass is 294 g/mol. The highest BCUT2D eigenvalue weighted by molar-refractivity contribution is 5.96. The zero-order valence-electron chi connectivity index (χ0n) is 12.6. The predicted octanol–water partition coefficient (Wildman–Crippen LogP) is 3.58. The van der Waals surface area contributed by atoms with Gasteiger partial charge in [0, 0.05) is 11.7 Å². The van der Waals surface area contributed by atoms with Crippen LogP contribution < -0.4 is 11.1 Å². The third-order valence-electron chi connectivity index (χ3n) is 4.01. The molecule has 116 valence electrons. The van der Waals surface area contributed by atoms with Crippen LogP contribution in [0.5, 0.6) is 0 Å². The van der Waals surface area contributed by atoms with Gasteiger partial charge in [0.15, 0.2) is 0 Å². The maximum Gasteiger partial charge on any atom is 0.340 e. The normalized spacial score (nSPS) is 21.9. The van der Waals surface area contributed by atoms with Gasteiger partial charge in [-0.3, -0.25) is 0 Å². The summed E-state index contributed by atoms with van der Waals surface area (Å²) in [5.41, 5.74) is 6.35. The van der Waals surface area contributed by atoms with Crippen LogP contribution in [0.3, 0.4) is 0 Å². The standard InChI is InChI=1S/C16H23FN2O2/c1-3-21-16(20)12-8-15(13(17)9-14(12)18)19-11-6-4-10(2)5-7-11/h8-11,19H,3-7,18H2,1-2H3. The maximum atomic E-state index is 14.0. The van der Waals surface area contributed by atoms with Crippen LogP contribution in [0.2, 0.25) is 0 Å². The van der Waals surface area contributed by atoms with Crippen molar-refractivity contribution in [1.82, 2.24) is 0 Å². The lowest BCUT2D eigenvalue weighted by atomic mass is 9.87. The highest BCUT2D eigenvalue weighted by Gasteiger charge is 2.21. The summed E-state index contributed by atoms with van der Waals surface area (Å²) in [6, 6.07) is 2.88. The number of carbonyl (C=O) groups is 1. The quantitative estimate of drug-likeness (QED) is 0.658. The lowest BCUT2D eigenvalue weighted by Crippen LogP contribution is -2.26. The molecule has 1 aromatic rings. The largest absolute Gasteiger partial charge is 0.462 e. The Balaban J connectivity index is 2.15. The molecule has 1 saturated carbocycles. The van der Waals surface area contributed by atoms with Crippen LogP contribution in [0, 0.1) is 11.7 Å². The SMILES string of the molecule is CCOC(=O)c1cc(NC2CCC(C)CC2)c(F)cc1N. The van der Waals surface area contributed by atoms with E-state index in [9.17, 15) is 9.18 Å². The zero-order valence-corrected chi connectivity index (χ0v) is 12.6. The smallest absolute Gasteiger partial charge is 0.340 e. The molecule has 0 unspecified atom stereocenters. The minimum atomic E-state index is -0.518. The molecule has 0 spiro atoms. The molecule has 5 heteroatoms. The van der Waals surface area contributed by atoms with Gasteiger partial charge in [0.25, 0.3) is 0 Å². The number of carbonyl (C=O) groups excluding carboxylic acids is 1. The van der Waals surface area contributed by atoms with Crippen molar-refractivity contribution >= 4 is 17.3 Å². The summed E-state index contributed by atoms with van der Waals surface area (Å²) in [6.45, 7) is 4.22. The van der Waals surface area contributed by atoms with Crippen molar-refractivity contribution in [2.24, 2.45) is 5.92 Å². The molecule has 1 aromatic carbocycles. The summed E-state index contributed by atoms with van der Waals surface area (Å²) in [6.07, 6.45) is 4.30. The molecular formula is C16H23FN2O2. The number of nitrogens with one attached hydrogen (secondary N) is 1. The van der Waals surface area contributed by atoms with Crippen LogP contribution in [0.15, 0.2) is 12.1 Å². The molecule has 0 radical (unpaired) electrons. The van der Waals surface area contributed by atoms with Crippen LogP contribution in [-0.2, 0) is 4.74 Å². The number of hydrogen-bond donors (Lipinski definition) is 2. The molecule has 0 aliphatic heterocycles. The van der Waals surface area contributed by atoms with E-state index in [0.29, 0.717) is 5.69 Å². The second-order valence-corrected chi connectivity index (χ2v) is 5.74. The molecule has 0 bridgehead atoms. The van der Waals surface area contributed by atoms with Gasteiger partial charge in [0.1, 0.15) is 5.82 Å². The van der Waals surface area contributed by atoms with Gasteiger partial charge in [-0.15, -0.1) is 0 Å². The van der Waals surface area contributed by atoms with Crippen molar-refractivity contribution in [2.75, 3.05) is 17.7 Å². The summed E-state index contributed by atoms with van der Waals surface area (Å²) in [5, 5.41) is 3.20. The summed E-state index contributed by atoms with van der Waals surface area (Å²) in [4.78, 5) is 11.8. The Morgan fingerprint density at radius 3 is 2.67 bits per heavy atom. The predicted molar refractivity (Wildman–Crippen MR) is 81.8 cm³/mol. The summed E-state index contributed by atoms with van der Waals surface area (Å²) < 4.78 is 19.0. The number of nitrogens with two attached hydrogens (primary N) is 1. The van der Waals surface area contributed by atoms with Gasteiger partial charge in [0.2, 0.25) is 0 Å². The van der Waals surface area contributed by atoms with E-state index < -0.39 is 11.8 Å². The second kappa shape index (κ2) is 6.78. The van der Waals surface area contributed by atoms with E-state index in [2.05, 4.69) is 12.2 Å². The highest BCUT2D eigenvalue weighted by Crippen LogP contribution is 2.29. The first-order valence-electron chi connectivity index (χ1n) is 7.54. The molecule has 2 rings (SSSR count). The number of halogens is 1. The molecule has 0 amide bonds. The summed E-state index contributed by atoms with van der Waals surface area (Å²) >= 11 is 0. The first-order valence-corrected chi connectivity index (χ1v) is 7.54. The Kier molecular flexibility index (Phi) is 5.04. The van der Waals surface area contributed by atoms with Crippen LogP contribution >= 0.6 is 0 Å². The van der Waals surface area contributed by atoms with Crippen molar-refractivity contribution in [1.29, 1.82) is 0 Å². The molecule has 0 heterocycles. The Labute approximate surface area is 124 Å². The fraction of sp³-hybridized carbons (Fsp3) is 0.562. The third kappa shape index (κ3) is 3.86. The van der Waals surface area contributed by atoms with E-state index in [1.54, 1.807) is 6.92 Å². The van der Waals surface area contributed by atoms with E-state index in [-0.39, 0.29) is 23.9 Å². The van der Waals surface area contributed by atoms with E-state index in [4.69, 9.17) is 10.5 Å². The lowest BCUT2D eigenvalue weighted by molar-refractivity contribution is 0.0527. The lowest BCUT2D eigenvalue weighted by Gasteiger charge is -2.28. The Morgan fingerprint density at radius 1 is 1.38 bits per heavy atom. The van der Waals surface area contributed by atoms with Crippen molar-refractivity contribution in [3.8, 4) is 0 Å². The fourth-order valence-corrected chi connectivity index (χ4v) is 2.71. The van der Waals surface area contributed by atoms with Crippen LogP contribution in [0.25, 0.3) is 0 Å². The first kappa shape index (κ1) is 15.6. The van der Waals surface area contributed by atoms with E-state index >= 15 is 0 Å². The molecular weight excluding hydrogens is 271 g/mol. The van der Waals surface area contributed by atoms with Crippen molar-refractivity contribution in [3.05, 3.63) is 23.5 Å². The van der Waals surface area contributed by atoms with Crippen LogP contribution in [0.1, 0.15) is 49.9 Å². The summed E-state index contributed by atoms with van der Waals surface area (Å²) in [5.74, 6) is -0.219. The van der Waals surface area contributed by atoms with Crippen LogP contribution in [0.4, 0.5) is 15.8 Å². The van der Waals surface area contributed by atoms with Crippen LogP contribution in [-0.4, -0.2) is 18.6 Å². The molecule has 0 atom stereocenters. The number of benzene rings is 1. The number of anilines is 2. The molecule has 4 nitrogen and oxygen atoms in total. The first-order chi connectivity index (χ1) is 10.0. The maximum absolute atomic E-state index is 14.0. The van der Waals surface area contributed by atoms with Crippen molar-refractivity contribution in [2.45, 2.75) is 45.6 Å². The average molecular weight is 294 g/mol. The molecule has 21 heavy (non-hydrogen) atoms. The highest BCUT2D eigenvalue weighted by atomic mass is 19.1. The average Bonchev–Trinajstić information content (AvgIpc) is 2.44. The minimum absolute atomic E-state index is 0.105. The van der Waals surface area contributed by atoms with Gasteiger partial charge in [-0.1, -0.05) is 6.92 Å². The van der Waals surface area contributed by atoms with Crippen molar-refractivity contribution in [3.63, 3.8) is 0 Å². The topological polar surface area (TPSA) is 64.3 Å². The Hall–Kier alpha value is -1.78. The van der Waals surface area contributed by atoms with E-state index in [1.807, 2.05) is 0 Å². The second-order valence-electron chi connectivity index (χ2n) is 5.74. The van der Waals surface area contributed by atoms with Gasteiger partial charge in [0.05, 0.1) is 17.9 Å². The van der Waals surface area contributed by atoms with Gasteiger partial charge in [-0.05, 0) is 50.7 Å². The molecule has 0 aromatic heterocycles. The number of rotatable bonds is 4. The third-order valence-corrected chi connectivity index (χ3v) is 4.01. The fourth-order valence-electron chi connectivity index (χ4n) is 2.71. The molecule has 1 fully saturated rings. The number of ether oxygens (including phenoxy) is 1. The van der Waals surface area contributed by atoms with E-state index in [1.165, 1.54) is 12.1 Å². The van der Waals surface area contributed by atoms with E-state index in [0.717, 1.165) is 31.6 Å². The van der Waals surface area contributed by atoms with Gasteiger partial charge in [-0.25, -0.2) is 9.18 Å². The van der Waals surface area contributed by atoms with Gasteiger partial charge < -0.3 is 15.8 Å². The van der Waals surface area contributed by atoms with Crippen molar-refractivity contribution < 1.29 is 13.9 Å². The number of nitrogen functional groups attached to an aromatic ring is 1. The zero-order chi connectivity index (χ0) is 15.4. The minimum Gasteiger partial charge on any atom is -0.462 e. The summed E-state index contributed by atoms with van der Waals surface area (Å²) in [7, 11) is 0. The molecule has 3 N–H and O–H groups in total. The molecule has 1 aliphatic carbocycles. The molecule has 1 aliphatic rings.